The molecule has 4 atom stereocenters. The first-order valence-electron chi connectivity index (χ1n) is 11.8. The van der Waals surface area contributed by atoms with Crippen LogP contribution in [0.15, 0.2) is 11.6 Å². The van der Waals surface area contributed by atoms with Crippen molar-refractivity contribution in [2.75, 3.05) is 6.61 Å². The van der Waals surface area contributed by atoms with Crippen LogP contribution in [0.1, 0.15) is 100 Å². The van der Waals surface area contributed by atoms with Crippen LogP contribution in [-0.4, -0.2) is 18.8 Å². The molecule has 2 saturated carbocycles. The third kappa shape index (κ3) is 4.71. The summed E-state index contributed by atoms with van der Waals surface area (Å²) >= 11 is 0. The minimum absolute atomic E-state index is 0.0757. The molecule has 0 aromatic carbocycles. The van der Waals surface area contributed by atoms with E-state index in [0.717, 1.165) is 19.4 Å². The van der Waals surface area contributed by atoms with Crippen molar-refractivity contribution in [3.8, 4) is 12.0 Å². The number of allylic oxidation sites excluding steroid dienone is 2. The quantitative estimate of drug-likeness (QED) is 0.348. The number of hydrogen-bond acceptors (Lipinski definition) is 2. The average molecular weight is 401 g/mol. The monoisotopic (exact) mass is 400 g/mol. The van der Waals surface area contributed by atoms with Gasteiger partial charge in [0.2, 0.25) is 0 Å². The van der Waals surface area contributed by atoms with Crippen LogP contribution in [0.5, 0.6) is 0 Å². The molecule has 3 aliphatic rings. The van der Waals surface area contributed by atoms with Gasteiger partial charge in [-0.25, -0.2) is 0 Å². The highest BCUT2D eigenvalue weighted by Crippen LogP contribution is 2.67. The average Bonchev–Trinajstić information content (AvgIpc) is 3.20. The first-order chi connectivity index (χ1) is 13.4. The zero-order valence-electron chi connectivity index (χ0n) is 20.3. The van der Waals surface area contributed by atoms with Crippen molar-refractivity contribution in [1.82, 2.24) is 0 Å². The SMILES string of the molecule is CC(C)(C)CO[C@@H]1[C@H]2CC[C@@](C)([C@@H]1OC#CCC(C)(C)CC1=CCCC1)C2(C)C. The Hall–Kier alpha value is -0.940. The van der Waals surface area contributed by atoms with Crippen LogP contribution < -0.4 is 0 Å². The van der Waals surface area contributed by atoms with Crippen molar-refractivity contribution in [1.29, 1.82) is 0 Å². The van der Waals surface area contributed by atoms with Gasteiger partial charge in [-0.2, -0.15) is 0 Å². The number of fused-ring (bicyclic) bond motifs is 2. The van der Waals surface area contributed by atoms with Gasteiger partial charge in [-0.1, -0.05) is 73.0 Å². The van der Waals surface area contributed by atoms with Gasteiger partial charge in [-0.15, -0.1) is 0 Å². The zero-order chi connectivity index (χ0) is 21.5. The zero-order valence-corrected chi connectivity index (χ0v) is 20.3. The molecule has 2 heteroatoms. The predicted molar refractivity (Wildman–Crippen MR) is 121 cm³/mol. The summed E-state index contributed by atoms with van der Waals surface area (Å²) in [5, 5.41) is 0. The maximum absolute atomic E-state index is 6.50. The molecule has 0 saturated heterocycles. The summed E-state index contributed by atoms with van der Waals surface area (Å²) < 4.78 is 12.8. The van der Waals surface area contributed by atoms with E-state index < -0.39 is 0 Å². The second-order valence-electron chi connectivity index (χ2n) is 12.7. The Labute approximate surface area is 180 Å². The standard InChI is InChI=1S/C27H44O2/c1-24(2,3)19-29-22-21-14-16-27(8,26(21,6)7)23(22)28-17-11-15-25(4,5)18-20-12-9-10-13-20/h12,21-23H,9-10,13-16,18-19H2,1-8H3/t21-,22-,23-,27+/m1/s1. The van der Waals surface area contributed by atoms with Crippen LogP contribution in [0, 0.1) is 39.6 Å². The van der Waals surface area contributed by atoms with E-state index in [4.69, 9.17) is 9.47 Å². The van der Waals surface area contributed by atoms with Gasteiger partial charge in [0.25, 0.3) is 0 Å². The van der Waals surface area contributed by atoms with Gasteiger partial charge < -0.3 is 9.47 Å². The fourth-order valence-electron chi connectivity index (χ4n) is 5.92. The smallest absolute Gasteiger partial charge is 0.143 e. The Balaban J connectivity index is 1.65. The lowest BCUT2D eigenvalue weighted by molar-refractivity contribution is -0.100. The second kappa shape index (κ2) is 7.96. The van der Waals surface area contributed by atoms with Crippen LogP contribution in [0.3, 0.4) is 0 Å². The first-order valence-corrected chi connectivity index (χ1v) is 11.8. The topological polar surface area (TPSA) is 18.5 Å². The van der Waals surface area contributed by atoms with Crippen molar-refractivity contribution >= 4 is 0 Å². The van der Waals surface area contributed by atoms with Gasteiger partial charge in [0, 0.05) is 11.8 Å². The predicted octanol–water partition coefficient (Wildman–Crippen LogP) is 7.14. The lowest BCUT2D eigenvalue weighted by Crippen LogP contribution is -2.43. The molecule has 0 aromatic heterocycles. The van der Waals surface area contributed by atoms with Crippen LogP contribution in [-0.2, 0) is 9.47 Å². The molecular formula is C27H44O2. The van der Waals surface area contributed by atoms with Gasteiger partial charge in [0.05, 0.1) is 12.7 Å². The van der Waals surface area contributed by atoms with E-state index in [2.05, 4.69) is 73.5 Å². The molecule has 0 radical (unpaired) electrons. The number of hydrogen-bond donors (Lipinski definition) is 0. The van der Waals surface area contributed by atoms with Gasteiger partial charge in [0.1, 0.15) is 12.2 Å². The van der Waals surface area contributed by atoms with Crippen LogP contribution in [0.2, 0.25) is 0 Å². The summed E-state index contributed by atoms with van der Waals surface area (Å²) in [6.45, 7) is 19.4. The molecule has 0 N–H and O–H groups in total. The Morgan fingerprint density at radius 3 is 2.48 bits per heavy atom. The van der Waals surface area contributed by atoms with Gasteiger partial charge in [0.15, 0.2) is 0 Å². The van der Waals surface area contributed by atoms with E-state index in [0.29, 0.717) is 5.92 Å². The van der Waals surface area contributed by atoms with Crippen molar-refractivity contribution in [2.45, 2.75) is 113 Å². The molecule has 0 spiro atoms. The molecule has 0 aromatic rings. The maximum atomic E-state index is 6.50. The largest absolute Gasteiger partial charge is 0.440 e. The normalized spacial score (nSPS) is 33.4. The van der Waals surface area contributed by atoms with E-state index in [1.807, 2.05) is 0 Å². The van der Waals surface area contributed by atoms with Crippen molar-refractivity contribution in [3.63, 3.8) is 0 Å². The van der Waals surface area contributed by atoms with E-state index >= 15 is 0 Å². The molecule has 164 valence electrons. The molecular weight excluding hydrogens is 356 g/mol. The molecule has 0 unspecified atom stereocenters. The summed E-state index contributed by atoms with van der Waals surface area (Å²) in [5.41, 5.74) is 2.37. The molecule has 3 rings (SSSR count). The minimum atomic E-state index is 0.0757. The maximum Gasteiger partial charge on any atom is 0.143 e. The summed E-state index contributed by atoms with van der Waals surface area (Å²) in [5.74, 6) is 3.93. The fraction of sp³-hybridized carbons (Fsp3) is 0.852. The molecule has 2 fully saturated rings. The van der Waals surface area contributed by atoms with E-state index in [1.54, 1.807) is 5.57 Å². The summed E-state index contributed by atoms with van der Waals surface area (Å²) in [6, 6.07) is 0. The number of ether oxygens (including phenoxy) is 2. The summed E-state index contributed by atoms with van der Waals surface area (Å²) in [7, 11) is 0. The highest BCUT2D eigenvalue weighted by Gasteiger charge is 2.68. The van der Waals surface area contributed by atoms with Crippen molar-refractivity contribution in [2.24, 2.45) is 27.6 Å². The molecule has 2 bridgehead atoms. The minimum Gasteiger partial charge on any atom is -0.440 e. The lowest BCUT2D eigenvalue weighted by atomic mass is 9.70. The Morgan fingerprint density at radius 1 is 1.14 bits per heavy atom. The van der Waals surface area contributed by atoms with Crippen LogP contribution in [0.25, 0.3) is 0 Å². The fourth-order valence-corrected chi connectivity index (χ4v) is 5.92. The van der Waals surface area contributed by atoms with Crippen molar-refractivity contribution < 1.29 is 9.47 Å². The summed E-state index contributed by atoms with van der Waals surface area (Å²) in [4.78, 5) is 0. The summed E-state index contributed by atoms with van der Waals surface area (Å²) in [6.07, 6.45) is 14.2. The highest BCUT2D eigenvalue weighted by atomic mass is 16.5. The van der Waals surface area contributed by atoms with Crippen molar-refractivity contribution in [3.05, 3.63) is 11.6 Å². The molecule has 0 heterocycles. The van der Waals surface area contributed by atoms with Crippen LogP contribution in [0.4, 0.5) is 0 Å². The van der Waals surface area contributed by atoms with Gasteiger partial charge >= 0.3 is 0 Å². The van der Waals surface area contributed by atoms with E-state index in [-0.39, 0.29) is 33.9 Å². The van der Waals surface area contributed by atoms with Gasteiger partial charge in [-0.05, 0) is 60.7 Å². The Bertz CT molecular complexity index is 682. The first kappa shape index (κ1) is 22.7. The van der Waals surface area contributed by atoms with Gasteiger partial charge in [-0.3, -0.25) is 0 Å². The molecule has 0 amide bonds. The Kier molecular flexibility index (Phi) is 6.24. The van der Waals surface area contributed by atoms with E-state index in [9.17, 15) is 0 Å². The number of rotatable bonds is 6. The van der Waals surface area contributed by atoms with Crippen LogP contribution >= 0.6 is 0 Å². The lowest BCUT2D eigenvalue weighted by Gasteiger charge is -2.38. The Morgan fingerprint density at radius 2 is 1.86 bits per heavy atom. The molecule has 3 aliphatic carbocycles. The molecule has 2 nitrogen and oxygen atoms in total. The second-order valence-corrected chi connectivity index (χ2v) is 12.7. The molecule has 29 heavy (non-hydrogen) atoms. The van der Waals surface area contributed by atoms with E-state index in [1.165, 1.54) is 32.1 Å². The highest BCUT2D eigenvalue weighted by molar-refractivity contribution is 5.17. The molecule has 0 aliphatic heterocycles. The third-order valence-electron chi connectivity index (χ3n) is 8.07. The third-order valence-corrected chi connectivity index (χ3v) is 8.07.